The molecule has 1 unspecified atom stereocenters. The van der Waals surface area contributed by atoms with E-state index in [1.165, 1.54) is 31.5 Å². The Hall–Kier alpha value is -0.770. The average molecular weight is 283 g/mol. The van der Waals surface area contributed by atoms with Crippen molar-refractivity contribution in [2.45, 2.75) is 19.4 Å². The Bertz CT molecular complexity index is 409. The van der Waals surface area contributed by atoms with Crippen LogP contribution in [0.25, 0.3) is 0 Å². The summed E-state index contributed by atoms with van der Waals surface area (Å²) >= 11 is 6.17. The van der Waals surface area contributed by atoms with Gasteiger partial charge in [-0.2, -0.15) is 0 Å². The van der Waals surface area contributed by atoms with Gasteiger partial charge in [-0.25, -0.2) is 0 Å². The molecule has 2 rings (SSSR count). The van der Waals surface area contributed by atoms with Crippen LogP contribution < -0.4 is 10.1 Å². The van der Waals surface area contributed by atoms with Crippen molar-refractivity contribution in [3.8, 4) is 5.75 Å². The molecule has 0 spiro atoms. The lowest BCUT2D eigenvalue weighted by Gasteiger charge is -2.32. The summed E-state index contributed by atoms with van der Waals surface area (Å²) in [5.41, 5.74) is 1.26. The summed E-state index contributed by atoms with van der Waals surface area (Å²) in [5.74, 6) is 1.52. The zero-order valence-corrected chi connectivity index (χ0v) is 12.5. The molecule has 19 heavy (non-hydrogen) atoms. The lowest BCUT2D eigenvalue weighted by Crippen LogP contribution is -2.38. The fraction of sp³-hybridized carbons (Fsp3) is 0.600. The van der Waals surface area contributed by atoms with E-state index >= 15 is 0 Å². The van der Waals surface area contributed by atoms with Gasteiger partial charge in [0.15, 0.2) is 0 Å². The summed E-state index contributed by atoms with van der Waals surface area (Å²) in [4.78, 5) is 2.52. The predicted octanol–water partition coefficient (Wildman–Crippen LogP) is 2.78. The number of hydrogen-bond donors (Lipinski definition) is 1. The van der Waals surface area contributed by atoms with E-state index in [1.807, 2.05) is 19.2 Å². The smallest absolute Gasteiger partial charge is 0.137 e. The van der Waals surface area contributed by atoms with Crippen LogP contribution in [0, 0.1) is 5.92 Å². The molecule has 0 saturated carbocycles. The van der Waals surface area contributed by atoms with Crippen LogP contribution in [0.15, 0.2) is 18.2 Å². The van der Waals surface area contributed by atoms with E-state index in [1.54, 1.807) is 7.11 Å². The molecule has 1 aromatic rings. The van der Waals surface area contributed by atoms with Gasteiger partial charge in [-0.05, 0) is 56.6 Å². The molecule has 1 atom stereocenters. The van der Waals surface area contributed by atoms with Gasteiger partial charge < -0.3 is 10.1 Å². The normalized spacial score (nSPS) is 20.5. The summed E-state index contributed by atoms with van der Waals surface area (Å²) < 4.78 is 5.19. The SMILES string of the molecule is CNCC1CCCN(Cc2ccc(OC)c(Cl)c2)C1. The molecule has 1 aliphatic heterocycles. The van der Waals surface area contributed by atoms with E-state index < -0.39 is 0 Å². The minimum absolute atomic E-state index is 0.698. The van der Waals surface area contributed by atoms with Crippen molar-refractivity contribution in [2.24, 2.45) is 5.92 Å². The van der Waals surface area contributed by atoms with E-state index in [0.29, 0.717) is 5.02 Å². The number of methoxy groups -OCH3 is 1. The van der Waals surface area contributed by atoms with Gasteiger partial charge in [0.2, 0.25) is 0 Å². The summed E-state index contributed by atoms with van der Waals surface area (Å²) in [6.07, 6.45) is 2.62. The first-order valence-corrected chi connectivity index (χ1v) is 7.30. The zero-order chi connectivity index (χ0) is 13.7. The Balaban J connectivity index is 1.94. The fourth-order valence-electron chi connectivity index (χ4n) is 2.82. The van der Waals surface area contributed by atoms with Crippen LogP contribution >= 0.6 is 11.6 Å². The van der Waals surface area contributed by atoms with Crippen molar-refractivity contribution in [1.82, 2.24) is 10.2 Å². The van der Waals surface area contributed by atoms with E-state index in [0.717, 1.165) is 24.8 Å². The molecule has 1 aromatic carbocycles. The van der Waals surface area contributed by atoms with Crippen molar-refractivity contribution >= 4 is 11.6 Å². The molecule has 1 aliphatic rings. The highest BCUT2D eigenvalue weighted by Crippen LogP contribution is 2.26. The largest absolute Gasteiger partial charge is 0.495 e. The predicted molar refractivity (Wildman–Crippen MR) is 79.9 cm³/mol. The number of nitrogens with zero attached hydrogens (tertiary/aromatic N) is 1. The van der Waals surface area contributed by atoms with Crippen molar-refractivity contribution in [2.75, 3.05) is 33.8 Å². The van der Waals surface area contributed by atoms with Gasteiger partial charge in [0, 0.05) is 13.1 Å². The molecule has 4 heteroatoms. The van der Waals surface area contributed by atoms with Gasteiger partial charge in [0.25, 0.3) is 0 Å². The van der Waals surface area contributed by atoms with Gasteiger partial charge in [0.05, 0.1) is 12.1 Å². The number of halogens is 1. The van der Waals surface area contributed by atoms with E-state index in [4.69, 9.17) is 16.3 Å². The third kappa shape index (κ3) is 4.10. The zero-order valence-electron chi connectivity index (χ0n) is 11.8. The van der Waals surface area contributed by atoms with Crippen molar-refractivity contribution in [3.63, 3.8) is 0 Å². The minimum atomic E-state index is 0.698. The molecular formula is C15H23ClN2O. The molecule has 0 aliphatic carbocycles. The van der Waals surface area contributed by atoms with E-state index in [9.17, 15) is 0 Å². The molecule has 106 valence electrons. The second-order valence-electron chi connectivity index (χ2n) is 5.27. The van der Waals surface area contributed by atoms with Gasteiger partial charge in [-0.1, -0.05) is 17.7 Å². The Morgan fingerprint density at radius 3 is 3.00 bits per heavy atom. The molecule has 0 bridgehead atoms. The Morgan fingerprint density at radius 2 is 2.32 bits per heavy atom. The van der Waals surface area contributed by atoms with E-state index in [2.05, 4.69) is 16.3 Å². The third-order valence-electron chi connectivity index (χ3n) is 3.72. The van der Waals surface area contributed by atoms with Crippen LogP contribution in [-0.4, -0.2) is 38.7 Å². The summed E-state index contributed by atoms with van der Waals surface area (Å²) in [7, 11) is 3.68. The number of likely N-dealkylation sites (tertiary alicyclic amines) is 1. The lowest BCUT2D eigenvalue weighted by molar-refractivity contribution is 0.167. The molecule has 0 radical (unpaired) electrons. The molecule has 1 fully saturated rings. The number of nitrogens with one attached hydrogen (secondary N) is 1. The molecular weight excluding hydrogens is 260 g/mol. The first-order valence-electron chi connectivity index (χ1n) is 6.92. The quantitative estimate of drug-likeness (QED) is 0.899. The average Bonchev–Trinajstić information content (AvgIpc) is 2.40. The van der Waals surface area contributed by atoms with Crippen molar-refractivity contribution < 1.29 is 4.74 Å². The molecule has 0 aromatic heterocycles. The summed E-state index contributed by atoms with van der Waals surface area (Å²) in [6, 6.07) is 6.07. The Labute approximate surface area is 120 Å². The maximum Gasteiger partial charge on any atom is 0.137 e. The minimum Gasteiger partial charge on any atom is -0.495 e. The second-order valence-corrected chi connectivity index (χ2v) is 5.68. The maximum atomic E-state index is 6.17. The van der Waals surface area contributed by atoms with Crippen molar-refractivity contribution in [1.29, 1.82) is 0 Å². The first-order chi connectivity index (χ1) is 9.22. The van der Waals surface area contributed by atoms with Crippen LogP contribution in [0.4, 0.5) is 0 Å². The maximum absolute atomic E-state index is 6.17. The highest BCUT2D eigenvalue weighted by atomic mass is 35.5. The molecule has 1 N–H and O–H groups in total. The Morgan fingerprint density at radius 1 is 1.47 bits per heavy atom. The van der Waals surface area contributed by atoms with Crippen LogP contribution in [0.3, 0.4) is 0 Å². The summed E-state index contributed by atoms with van der Waals surface area (Å²) in [6.45, 7) is 4.44. The molecule has 3 nitrogen and oxygen atoms in total. The number of hydrogen-bond acceptors (Lipinski definition) is 3. The molecule has 0 amide bonds. The fourth-order valence-corrected chi connectivity index (χ4v) is 3.10. The number of ether oxygens (including phenoxy) is 1. The van der Waals surface area contributed by atoms with Gasteiger partial charge in [-0.15, -0.1) is 0 Å². The Kier molecular flexibility index (Phi) is 5.49. The second kappa shape index (κ2) is 7.13. The van der Waals surface area contributed by atoms with Crippen LogP contribution in [0.5, 0.6) is 5.75 Å². The first kappa shape index (κ1) is 14.6. The van der Waals surface area contributed by atoms with Gasteiger partial charge in [0.1, 0.15) is 5.75 Å². The number of benzene rings is 1. The standard InChI is InChI=1S/C15H23ClN2O/c1-17-9-13-4-3-7-18(11-13)10-12-5-6-15(19-2)14(16)8-12/h5-6,8,13,17H,3-4,7,9-11H2,1-2H3. The van der Waals surface area contributed by atoms with E-state index in [-0.39, 0.29) is 0 Å². The van der Waals surface area contributed by atoms with Crippen LogP contribution in [0.2, 0.25) is 5.02 Å². The number of piperidine rings is 1. The highest BCUT2D eigenvalue weighted by molar-refractivity contribution is 6.32. The highest BCUT2D eigenvalue weighted by Gasteiger charge is 2.19. The van der Waals surface area contributed by atoms with Gasteiger partial charge in [-0.3, -0.25) is 4.90 Å². The topological polar surface area (TPSA) is 24.5 Å². The lowest BCUT2D eigenvalue weighted by atomic mass is 9.97. The van der Waals surface area contributed by atoms with Gasteiger partial charge >= 0.3 is 0 Å². The summed E-state index contributed by atoms with van der Waals surface area (Å²) in [5, 5.41) is 3.98. The monoisotopic (exact) mass is 282 g/mol. The van der Waals surface area contributed by atoms with Crippen molar-refractivity contribution in [3.05, 3.63) is 28.8 Å². The molecule has 1 saturated heterocycles. The number of rotatable bonds is 5. The van der Waals surface area contributed by atoms with Crippen LogP contribution in [-0.2, 0) is 6.54 Å². The molecule has 1 heterocycles. The third-order valence-corrected chi connectivity index (χ3v) is 4.01. The van der Waals surface area contributed by atoms with Crippen LogP contribution in [0.1, 0.15) is 18.4 Å².